The minimum atomic E-state index is 0.600. The third-order valence-electron chi connectivity index (χ3n) is 3.03. The first-order valence-electron chi connectivity index (χ1n) is 6.93. The molecule has 2 bridgehead atoms. The third kappa shape index (κ3) is 4.51. The quantitative estimate of drug-likeness (QED) is 0.725. The van der Waals surface area contributed by atoms with Crippen LogP contribution < -0.4 is 0 Å². The highest BCUT2D eigenvalue weighted by atomic mass is 16.5. The molecule has 1 aromatic rings. The fourth-order valence-corrected chi connectivity index (χ4v) is 1.88. The van der Waals surface area contributed by atoms with Gasteiger partial charge in [0.25, 0.3) is 0 Å². The van der Waals surface area contributed by atoms with Gasteiger partial charge in [0.05, 0.1) is 62.3 Å². The standard InChI is InChI=1S/C15H21N3O2/c1-12-14-4-3-5-15(18-14)13(2)17-7-9-20-11-10-19-8-6-16-12/h3-5H,6-11H2,1-2H3. The lowest BCUT2D eigenvalue weighted by atomic mass is 10.2. The molecule has 0 fully saturated rings. The molecule has 1 aliphatic heterocycles. The van der Waals surface area contributed by atoms with Crippen LogP contribution in [0.1, 0.15) is 25.2 Å². The van der Waals surface area contributed by atoms with E-state index in [0.29, 0.717) is 39.5 Å². The summed E-state index contributed by atoms with van der Waals surface area (Å²) in [6.07, 6.45) is 0. The van der Waals surface area contributed by atoms with E-state index < -0.39 is 0 Å². The van der Waals surface area contributed by atoms with Gasteiger partial charge >= 0.3 is 0 Å². The van der Waals surface area contributed by atoms with E-state index in [9.17, 15) is 0 Å². The molecule has 1 aliphatic rings. The maximum atomic E-state index is 5.45. The lowest BCUT2D eigenvalue weighted by Crippen LogP contribution is -2.09. The molecule has 5 nitrogen and oxygen atoms in total. The molecule has 0 saturated heterocycles. The molecule has 108 valence electrons. The smallest absolute Gasteiger partial charge is 0.0845 e. The molecule has 1 aromatic heterocycles. The molecule has 0 atom stereocenters. The maximum absolute atomic E-state index is 5.45. The van der Waals surface area contributed by atoms with Crippen molar-refractivity contribution in [3.05, 3.63) is 29.6 Å². The lowest BCUT2D eigenvalue weighted by Gasteiger charge is -2.04. The van der Waals surface area contributed by atoms with Crippen molar-refractivity contribution in [2.75, 3.05) is 39.5 Å². The van der Waals surface area contributed by atoms with Crippen molar-refractivity contribution in [1.82, 2.24) is 4.98 Å². The van der Waals surface area contributed by atoms with E-state index in [1.165, 1.54) is 0 Å². The second kappa shape index (κ2) is 7.87. The summed E-state index contributed by atoms with van der Waals surface area (Å²) in [6.45, 7) is 7.65. The molecule has 5 heteroatoms. The number of fused-ring (bicyclic) bond motifs is 2. The van der Waals surface area contributed by atoms with Crippen molar-refractivity contribution in [1.29, 1.82) is 0 Å². The van der Waals surface area contributed by atoms with Crippen LogP contribution in [-0.4, -0.2) is 55.9 Å². The number of nitrogens with zero attached hydrogens (tertiary/aromatic N) is 3. The summed E-state index contributed by atoms with van der Waals surface area (Å²) in [6, 6.07) is 5.93. The molecular formula is C15H21N3O2. The zero-order valence-corrected chi connectivity index (χ0v) is 12.1. The Bertz CT molecular complexity index is 456. The molecule has 0 amide bonds. The van der Waals surface area contributed by atoms with E-state index in [4.69, 9.17) is 9.47 Å². The van der Waals surface area contributed by atoms with Gasteiger partial charge in [0.2, 0.25) is 0 Å². The van der Waals surface area contributed by atoms with Crippen LogP contribution >= 0.6 is 0 Å². The SMILES string of the molecule is CC1=NCCOCCOCCN=C(C)c2cccc1n2. The first-order chi connectivity index (χ1) is 9.77. The van der Waals surface area contributed by atoms with E-state index >= 15 is 0 Å². The molecule has 2 heterocycles. The Hall–Kier alpha value is -1.59. The average Bonchev–Trinajstić information content (AvgIpc) is 2.48. The number of ether oxygens (including phenoxy) is 2. The van der Waals surface area contributed by atoms with Crippen LogP contribution in [0.4, 0.5) is 0 Å². The highest BCUT2D eigenvalue weighted by molar-refractivity contribution is 6.00. The molecule has 0 saturated carbocycles. The van der Waals surface area contributed by atoms with E-state index in [2.05, 4.69) is 15.0 Å². The van der Waals surface area contributed by atoms with Crippen LogP contribution in [0.25, 0.3) is 0 Å². The zero-order chi connectivity index (χ0) is 14.2. The number of aliphatic imine (C=N–C) groups is 2. The van der Waals surface area contributed by atoms with E-state index in [1.807, 2.05) is 32.0 Å². The average molecular weight is 275 g/mol. The molecule has 0 unspecified atom stereocenters. The molecule has 20 heavy (non-hydrogen) atoms. The highest BCUT2D eigenvalue weighted by Gasteiger charge is 2.04. The summed E-state index contributed by atoms with van der Waals surface area (Å²) in [7, 11) is 0. The van der Waals surface area contributed by atoms with Gasteiger partial charge in [-0.15, -0.1) is 0 Å². The maximum Gasteiger partial charge on any atom is 0.0845 e. The van der Waals surface area contributed by atoms with Gasteiger partial charge in [-0.1, -0.05) is 6.07 Å². The van der Waals surface area contributed by atoms with Crippen LogP contribution in [-0.2, 0) is 9.47 Å². The van der Waals surface area contributed by atoms with Crippen molar-refractivity contribution in [3.63, 3.8) is 0 Å². The van der Waals surface area contributed by atoms with Crippen molar-refractivity contribution in [2.24, 2.45) is 9.98 Å². The van der Waals surface area contributed by atoms with Crippen molar-refractivity contribution in [3.8, 4) is 0 Å². The summed E-state index contributed by atoms with van der Waals surface area (Å²) in [5, 5.41) is 0. The van der Waals surface area contributed by atoms with Gasteiger partial charge in [0, 0.05) is 0 Å². The summed E-state index contributed by atoms with van der Waals surface area (Å²) in [4.78, 5) is 13.6. The molecule has 0 spiro atoms. The van der Waals surface area contributed by atoms with Crippen molar-refractivity contribution < 1.29 is 9.47 Å². The third-order valence-corrected chi connectivity index (χ3v) is 3.03. The van der Waals surface area contributed by atoms with Gasteiger partial charge in [-0.25, -0.2) is 4.98 Å². The van der Waals surface area contributed by atoms with Gasteiger partial charge in [-0.05, 0) is 26.0 Å². The first kappa shape index (κ1) is 14.8. The fourth-order valence-electron chi connectivity index (χ4n) is 1.88. The fraction of sp³-hybridized carbons (Fsp3) is 0.533. The van der Waals surface area contributed by atoms with E-state index in [-0.39, 0.29) is 0 Å². The van der Waals surface area contributed by atoms with Crippen LogP contribution in [0.3, 0.4) is 0 Å². The van der Waals surface area contributed by atoms with Gasteiger partial charge < -0.3 is 9.47 Å². The molecule has 0 N–H and O–H groups in total. The molecule has 0 aromatic carbocycles. The Morgan fingerprint density at radius 1 is 0.800 bits per heavy atom. The number of hydrogen-bond donors (Lipinski definition) is 0. The van der Waals surface area contributed by atoms with Crippen LogP contribution in [0.2, 0.25) is 0 Å². The Kier molecular flexibility index (Phi) is 5.83. The Labute approximate surface area is 119 Å². The number of hydrogen-bond acceptors (Lipinski definition) is 5. The lowest BCUT2D eigenvalue weighted by molar-refractivity contribution is 0.0541. The molecule has 0 aliphatic carbocycles. The van der Waals surface area contributed by atoms with E-state index in [0.717, 1.165) is 22.8 Å². The van der Waals surface area contributed by atoms with Crippen LogP contribution in [0.5, 0.6) is 0 Å². The molecular weight excluding hydrogens is 254 g/mol. The number of rotatable bonds is 0. The summed E-state index contributed by atoms with van der Waals surface area (Å²) in [5.74, 6) is 0. The van der Waals surface area contributed by atoms with Crippen molar-refractivity contribution >= 4 is 11.4 Å². The van der Waals surface area contributed by atoms with Gasteiger partial charge in [-0.2, -0.15) is 0 Å². The largest absolute Gasteiger partial charge is 0.377 e. The first-order valence-corrected chi connectivity index (χ1v) is 6.93. The Balaban J connectivity index is 2.20. The van der Waals surface area contributed by atoms with E-state index in [1.54, 1.807) is 0 Å². The Morgan fingerprint density at radius 2 is 1.30 bits per heavy atom. The van der Waals surface area contributed by atoms with Crippen LogP contribution in [0.15, 0.2) is 28.2 Å². The minimum Gasteiger partial charge on any atom is -0.377 e. The molecule has 0 radical (unpaired) electrons. The Morgan fingerprint density at radius 3 is 1.80 bits per heavy atom. The second-order valence-corrected chi connectivity index (χ2v) is 4.57. The van der Waals surface area contributed by atoms with Gasteiger partial charge in [0.1, 0.15) is 0 Å². The summed E-state index contributed by atoms with van der Waals surface area (Å²) < 4.78 is 10.9. The predicted octanol–water partition coefficient (Wildman–Crippen LogP) is 1.75. The van der Waals surface area contributed by atoms with Crippen LogP contribution in [0, 0.1) is 0 Å². The second-order valence-electron chi connectivity index (χ2n) is 4.57. The van der Waals surface area contributed by atoms with Gasteiger partial charge in [0.15, 0.2) is 0 Å². The van der Waals surface area contributed by atoms with Crippen molar-refractivity contribution in [2.45, 2.75) is 13.8 Å². The zero-order valence-electron chi connectivity index (χ0n) is 12.1. The topological polar surface area (TPSA) is 56.1 Å². The summed E-state index contributed by atoms with van der Waals surface area (Å²) in [5.41, 5.74) is 3.63. The monoisotopic (exact) mass is 275 g/mol. The predicted molar refractivity (Wildman–Crippen MR) is 80.0 cm³/mol. The minimum absolute atomic E-state index is 0.600. The normalized spacial score (nSPS) is 18.5. The number of aromatic nitrogens is 1. The highest BCUT2D eigenvalue weighted by Crippen LogP contribution is 2.04. The number of pyridine rings is 1. The van der Waals surface area contributed by atoms with Gasteiger partial charge in [-0.3, -0.25) is 9.98 Å². The summed E-state index contributed by atoms with van der Waals surface area (Å²) >= 11 is 0. The molecule has 2 rings (SSSR count).